The van der Waals surface area contributed by atoms with Crippen molar-refractivity contribution in [2.45, 2.75) is 39.5 Å². The molecule has 3 aromatic carbocycles. The summed E-state index contributed by atoms with van der Waals surface area (Å²) >= 11 is 0. The molecule has 3 rings (SSSR count). The van der Waals surface area contributed by atoms with E-state index in [9.17, 15) is 4.39 Å². The lowest BCUT2D eigenvalue weighted by atomic mass is 10.0. The topological polar surface area (TPSA) is 9.23 Å². The fourth-order valence-electron chi connectivity index (χ4n) is 3.08. The summed E-state index contributed by atoms with van der Waals surface area (Å²) in [6.07, 6.45) is 4.31. The summed E-state index contributed by atoms with van der Waals surface area (Å²) < 4.78 is 20.3. The molecule has 0 unspecified atom stereocenters. The van der Waals surface area contributed by atoms with Crippen LogP contribution in [0.4, 0.5) is 4.39 Å². The number of benzene rings is 3. The van der Waals surface area contributed by atoms with E-state index in [4.69, 9.17) is 4.74 Å². The number of aryl methyl sites for hydroxylation is 1. The van der Waals surface area contributed by atoms with Gasteiger partial charge in [-0.2, -0.15) is 0 Å². The summed E-state index contributed by atoms with van der Waals surface area (Å²) in [5.41, 5.74) is 4.31. The number of unbranched alkanes of at least 4 members (excludes halogenated alkanes) is 1. The molecule has 148 valence electrons. The number of halogens is 1. The average Bonchev–Trinajstić information content (AvgIpc) is 2.74. The second-order valence-electron chi connectivity index (χ2n) is 7.12. The van der Waals surface area contributed by atoms with Crippen LogP contribution in [0, 0.1) is 17.7 Å². The molecular formula is C27H27FO. The average molecular weight is 387 g/mol. The molecule has 1 nitrogen and oxygen atoms in total. The van der Waals surface area contributed by atoms with E-state index in [-0.39, 0.29) is 5.82 Å². The highest BCUT2D eigenvalue weighted by Crippen LogP contribution is 2.24. The van der Waals surface area contributed by atoms with Crippen LogP contribution in [0.1, 0.15) is 49.8 Å². The monoisotopic (exact) mass is 386 g/mol. The van der Waals surface area contributed by atoms with Gasteiger partial charge in [0.05, 0.1) is 6.61 Å². The summed E-state index contributed by atoms with van der Waals surface area (Å²) in [6.45, 7) is 5.03. The maximum absolute atomic E-state index is 14.6. The summed E-state index contributed by atoms with van der Waals surface area (Å²) in [5.74, 6) is 6.74. The standard InChI is InChI=1S/C27H27FO/c1-3-5-19-29-25-16-11-22(12-17-25)7-8-23-13-18-26(27(28)20-23)24-14-9-21(6-4-2)10-15-24/h9-18,20H,3-6,19H2,1-2H3. The Morgan fingerprint density at radius 1 is 0.793 bits per heavy atom. The van der Waals surface area contributed by atoms with Crippen molar-refractivity contribution in [3.05, 3.63) is 89.2 Å². The molecule has 0 spiro atoms. The van der Waals surface area contributed by atoms with Crippen molar-refractivity contribution in [3.63, 3.8) is 0 Å². The first-order valence-electron chi connectivity index (χ1n) is 10.3. The Hall–Kier alpha value is -3.05. The maximum atomic E-state index is 14.6. The molecule has 0 aliphatic heterocycles. The lowest BCUT2D eigenvalue weighted by Crippen LogP contribution is -1.95. The van der Waals surface area contributed by atoms with E-state index in [1.807, 2.05) is 42.5 Å². The maximum Gasteiger partial charge on any atom is 0.132 e. The van der Waals surface area contributed by atoms with Gasteiger partial charge >= 0.3 is 0 Å². The van der Waals surface area contributed by atoms with Gasteiger partial charge in [0.1, 0.15) is 11.6 Å². The minimum Gasteiger partial charge on any atom is -0.494 e. The second kappa shape index (κ2) is 10.5. The molecule has 0 saturated carbocycles. The normalized spacial score (nSPS) is 10.3. The first kappa shape index (κ1) is 20.7. The predicted octanol–water partition coefficient (Wildman–Crippen LogP) is 7.02. The number of rotatable bonds is 7. The van der Waals surface area contributed by atoms with Gasteiger partial charge in [0.25, 0.3) is 0 Å². The van der Waals surface area contributed by atoms with Crippen LogP contribution in [-0.2, 0) is 6.42 Å². The molecule has 0 saturated heterocycles. The van der Waals surface area contributed by atoms with Crippen molar-refractivity contribution in [1.29, 1.82) is 0 Å². The van der Waals surface area contributed by atoms with Crippen molar-refractivity contribution < 1.29 is 9.13 Å². The Morgan fingerprint density at radius 3 is 2.14 bits per heavy atom. The Morgan fingerprint density at radius 2 is 1.48 bits per heavy atom. The highest BCUT2D eigenvalue weighted by Gasteiger charge is 2.06. The van der Waals surface area contributed by atoms with Crippen LogP contribution in [0.3, 0.4) is 0 Å². The summed E-state index contributed by atoms with van der Waals surface area (Å²) in [5, 5.41) is 0. The van der Waals surface area contributed by atoms with E-state index in [0.717, 1.165) is 49.2 Å². The van der Waals surface area contributed by atoms with Gasteiger partial charge in [0.2, 0.25) is 0 Å². The number of ether oxygens (including phenoxy) is 1. The van der Waals surface area contributed by atoms with E-state index in [1.54, 1.807) is 6.07 Å². The first-order chi connectivity index (χ1) is 14.2. The summed E-state index contributed by atoms with van der Waals surface area (Å²) in [6, 6.07) is 21.0. The van der Waals surface area contributed by atoms with Crippen LogP contribution in [0.5, 0.6) is 5.75 Å². The minimum atomic E-state index is -0.250. The van der Waals surface area contributed by atoms with Crippen molar-refractivity contribution in [2.24, 2.45) is 0 Å². The van der Waals surface area contributed by atoms with Crippen LogP contribution in [0.2, 0.25) is 0 Å². The fraction of sp³-hybridized carbons (Fsp3) is 0.259. The van der Waals surface area contributed by atoms with Crippen LogP contribution in [0.15, 0.2) is 66.7 Å². The van der Waals surface area contributed by atoms with Gasteiger partial charge in [-0.15, -0.1) is 0 Å². The van der Waals surface area contributed by atoms with Gasteiger partial charge in [0, 0.05) is 16.7 Å². The van der Waals surface area contributed by atoms with Gasteiger partial charge < -0.3 is 4.74 Å². The van der Waals surface area contributed by atoms with Crippen LogP contribution in [0.25, 0.3) is 11.1 Å². The molecule has 0 amide bonds. The smallest absolute Gasteiger partial charge is 0.132 e. The van der Waals surface area contributed by atoms with Crippen molar-refractivity contribution in [2.75, 3.05) is 6.61 Å². The molecular weight excluding hydrogens is 359 g/mol. The zero-order chi connectivity index (χ0) is 20.5. The van der Waals surface area contributed by atoms with Gasteiger partial charge in [-0.05, 0) is 60.4 Å². The lowest BCUT2D eigenvalue weighted by molar-refractivity contribution is 0.309. The van der Waals surface area contributed by atoms with Gasteiger partial charge in [-0.3, -0.25) is 0 Å². The van der Waals surface area contributed by atoms with Crippen LogP contribution in [-0.4, -0.2) is 6.61 Å². The molecule has 29 heavy (non-hydrogen) atoms. The van der Waals surface area contributed by atoms with Gasteiger partial charge in [-0.1, -0.05) is 68.9 Å². The molecule has 3 aromatic rings. The van der Waals surface area contributed by atoms with Crippen LogP contribution < -0.4 is 4.74 Å². The molecule has 0 aliphatic carbocycles. The molecule has 0 fully saturated rings. The largest absolute Gasteiger partial charge is 0.494 e. The Kier molecular flexibility index (Phi) is 7.47. The molecule has 0 atom stereocenters. The molecule has 0 aliphatic rings. The van der Waals surface area contributed by atoms with Crippen LogP contribution >= 0.6 is 0 Å². The van der Waals surface area contributed by atoms with Crippen molar-refractivity contribution in [1.82, 2.24) is 0 Å². The molecule has 0 N–H and O–H groups in total. The molecule has 2 heteroatoms. The van der Waals surface area contributed by atoms with Crippen molar-refractivity contribution in [3.8, 4) is 28.7 Å². The summed E-state index contributed by atoms with van der Waals surface area (Å²) in [4.78, 5) is 0. The number of hydrogen-bond donors (Lipinski definition) is 0. The Bertz CT molecular complexity index is 976. The summed E-state index contributed by atoms with van der Waals surface area (Å²) in [7, 11) is 0. The van der Waals surface area contributed by atoms with E-state index in [2.05, 4.69) is 37.8 Å². The zero-order valence-electron chi connectivity index (χ0n) is 17.2. The van der Waals surface area contributed by atoms with Gasteiger partial charge in [-0.25, -0.2) is 4.39 Å². The quantitative estimate of drug-likeness (QED) is 0.313. The fourth-order valence-corrected chi connectivity index (χ4v) is 3.08. The predicted molar refractivity (Wildman–Crippen MR) is 119 cm³/mol. The van der Waals surface area contributed by atoms with Gasteiger partial charge in [0.15, 0.2) is 0 Å². The van der Waals surface area contributed by atoms with E-state index in [1.165, 1.54) is 11.6 Å². The zero-order valence-corrected chi connectivity index (χ0v) is 17.2. The van der Waals surface area contributed by atoms with Crippen molar-refractivity contribution >= 4 is 0 Å². The van der Waals surface area contributed by atoms with E-state index >= 15 is 0 Å². The number of hydrogen-bond acceptors (Lipinski definition) is 1. The second-order valence-corrected chi connectivity index (χ2v) is 7.12. The third-order valence-corrected chi connectivity index (χ3v) is 4.74. The molecule has 0 radical (unpaired) electrons. The Balaban J connectivity index is 1.69. The third kappa shape index (κ3) is 5.96. The third-order valence-electron chi connectivity index (χ3n) is 4.74. The minimum absolute atomic E-state index is 0.250. The van der Waals surface area contributed by atoms with E-state index < -0.39 is 0 Å². The van der Waals surface area contributed by atoms with E-state index in [0.29, 0.717) is 11.1 Å². The first-order valence-corrected chi connectivity index (χ1v) is 10.3. The Labute approximate surface area is 173 Å². The molecule has 0 aromatic heterocycles. The molecule has 0 bridgehead atoms. The highest BCUT2D eigenvalue weighted by atomic mass is 19.1. The highest BCUT2D eigenvalue weighted by molar-refractivity contribution is 5.65. The molecule has 0 heterocycles. The SMILES string of the molecule is CCCCOc1ccc(C#Cc2ccc(-c3ccc(CCC)cc3)c(F)c2)cc1. The lowest BCUT2D eigenvalue weighted by Gasteiger charge is -2.06.